The van der Waals surface area contributed by atoms with Crippen LogP contribution in [0.1, 0.15) is 58.2 Å². The van der Waals surface area contributed by atoms with E-state index in [4.69, 9.17) is 0 Å². The lowest BCUT2D eigenvalue weighted by molar-refractivity contribution is 0.147. The van der Waals surface area contributed by atoms with Gasteiger partial charge in [-0.25, -0.2) is 0 Å². The first-order valence-corrected chi connectivity index (χ1v) is 6.48. The standard InChI is InChI=1S/C14H24N2/c1-11-9-10-16(15-11)13-7-5-12(6-8-13)14(2,3)4/h9-10,12-13H,5-8H2,1-4H3/t12-,13-. The molecule has 0 spiro atoms. The Bertz CT molecular complexity index is 338. The second-order valence-electron chi connectivity index (χ2n) is 6.31. The minimum absolute atomic E-state index is 0.477. The van der Waals surface area contributed by atoms with Gasteiger partial charge in [-0.2, -0.15) is 5.10 Å². The third-order valence-electron chi connectivity index (χ3n) is 4.04. The van der Waals surface area contributed by atoms with Crippen LogP contribution in [0.4, 0.5) is 0 Å². The summed E-state index contributed by atoms with van der Waals surface area (Å²) in [7, 11) is 0. The zero-order valence-electron chi connectivity index (χ0n) is 11.0. The second-order valence-corrected chi connectivity index (χ2v) is 6.31. The molecule has 2 rings (SSSR count). The molecule has 1 fully saturated rings. The van der Waals surface area contributed by atoms with E-state index in [9.17, 15) is 0 Å². The molecule has 0 saturated heterocycles. The number of hydrogen-bond donors (Lipinski definition) is 0. The van der Waals surface area contributed by atoms with Crippen molar-refractivity contribution < 1.29 is 0 Å². The highest BCUT2D eigenvalue weighted by Gasteiger charge is 2.30. The Morgan fingerprint density at radius 3 is 2.25 bits per heavy atom. The normalized spacial score (nSPS) is 27.0. The van der Waals surface area contributed by atoms with Crippen LogP contribution >= 0.6 is 0 Å². The maximum Gasteiger partial charge on any atom is 0.0593 e. The molecule has 1 aromatic rings. The van der Waals surface area contributed by atoms with E-state index in [1.807, 2.05) is 0 Å². The van der Waals surface area contributed by atoms with E-state index < -0.39 is 0 Å². The molecule has 0 unspecified atom stereocenters. The molecule has 0 aromatic carbocycles. The lowest BCUT2D eigenvalue weighted by Crippen LogP contribution is -2.27. The summed E-state index contributed by atoms with van der Waals surface area (Å²) in [6.45, 7) is 9.18. The molecule has 0 atom stereocenters. The summed E-state index contributed by atoms with van der Waals surface area (Å²) in [5.74, 6) is 0.889. The summed E-state index contributed by atoms with van der Waals surface area (Å²) in [5, 5.41) is 4.54. The minimum Gasteiger partial charge on any atom is -0.269 e. The number of rotatable bonds is 1. The molecule has 0 N–H and O–H groups in total. The van der Waals surface area contributed by atoms with Crippen molar-refractivity contribution in [3.63, 3.8) is 0 Å². The Kier molecular flexibility index (Phi) is 3.09. The van der Waals surface area contributed by atoms with E-state index in [1.54, 1.807) is 0 Å². The highest BCUT2D eigenvalue weighted by atomic mass is 15.3. The van der Waals surface area contributed by atoms with Crippen molar-refractivity contribution in [3.8, 4) is 0 Å². The molecule has 1 aromatic heterocycles. The van der Waals surface area contributed by atoms with E-state index >= 15 is 0 Å². The fourth-order valence-electron chi connectivity index (χ4n) is 2.84. The second kappa shape index (κ2) is 4.23. The highest BCUT2D eigenvalue weighted by Crippen LogP contribution is 2.41. The average Bonchev–Trinajstić information content (AvgIpc) is 2.64. The first kappa shape index (κ1) is 11.7. The van der Waals surface area contributed by atoms with Gasteiger partial charge in [-0.1, -0.05) is 20.8 Å². The number of nitrogens with zero attached hydrogens (tertiary/aromatic N) is 2. The molecule has 1 aliphatic carbocycles. The van der Waals surface area contributed by atoms with Gasteiger partial charge in [-0.15, -0.1) is 0 Å². The van der Waals surface area contributed by atoms with Gasteiger partial charge in [0.2, 0.25) is 0 Å². The van der Waals surface area contributed by atoms with Crippen molar-refractivity contribution >= 4 is 0 Å². The van der Waals surface area contributed by atoms with Crippen LogP contribution in [0.15, 0.2) is 12.3 Å². The predicted octanol–water partition coefficient (Wildman–Crippen LogP) is 3.97. The maximum absolute atomic E-state index is 4.54. The number of hydrogen-bond acceptors (Lipinski definition) is 1. The summed E-state index contributed by atoms with van der Waals surface area (Å²) in [6.07, 6.45) is 7.43. The molecule has 0 radical (unpaired) electrons. The Labute approximate surface area is 99.0 Å². The monoisotopic (exact) mass is 220 g/mol. The first-order chi connectivity index (χ1) is 7.47. The van der Waals surface area contributed by atoms with Crippen molar-refractivity contribution in [2.75, 3.05) is 0 Å². The van der Waals surface area contributed by atoms with Gasteiger partial charge in [-0.3, -0.25) is 4.68 Å². The van der Waals surface area contributed by atoms with Crippen molar-refractivity contribution in [2.45, 2.75) is 59.4 Å². The molecule has 2 heteroatoms. The SMILES string of the molecule is Cc1ccn([C@H]2CC[C@H](C(C)(C)C)CC2)n1. The molecular formula is C14H24N2. The van der Waals surface area contributed by atoms with E-state index in [-0.39, 0.29) is 0 Å². The van der Waals surface area contributed by atoms with Gasteiger partial charge < -0.3 is 0 Å². The van der Waals surface area contributed by atoms with Gasteiger partial charge >= 0.3 is 0 Å². The topological polar surface area (TPSA) is 17.8 Å². The Hall–Kier alpha value is -0.790. The van der Waals surface area contributed by atoms with E-state index in [0.29, 0.717) is 11.5 Å². The van der Waals surface area contributed by atoms with Gasteiger partial charge in [0.25, 0.3) is 0 Å². The lowest BCUT2D eigenvalue weighted by Gasteiger charge is -2.37. The molecule has 1 saturated carbocycles. The Morgan fingerprint density at radius 1 is 1.19 bits per heavy atom. The van der Waals surface area contributed by atoms with Crippen LogP contribution in [0, 0.1) is 18.3 Å². The van der Waals surface area contributed by atoms with Crippen molar-refractivity contribution in [2.24, 2.45) is 11.3 Å². The summed E-state index contributed by atoms with van der Waals surface area (Å²) >= 11 is 0. The molecule has 1 heterocycles. The number of aromatic nitrogens is 2. The average molecular weight is 220 g/mol. The fraction of sp³-hybridized carbons (Fsp3) is 0.786. The van der Waals surface area contributed by atoms with E-state index in [2.05, 4.69) is 49.7 Å². The molecular weight excluding hydrogens is 196 g/mol. The molecule has 16 heavy (non-hydrogen) atoms. The van der Waals surface area contributed by atoms with Crippen LogP contribution in [-0.2, 0) is 0 Å². The number of aryl methyl sites for hydroxylation is 1. The third kappa shape index (κ3) is 2.47. The maximum atomic E-state index is 4.54. The third-order valence-corrected chi connectivity index (χ3v) is 4.04. The van der Waals surface area contributed by atoms with Crippen LogP contribution in [0.25, 0.3) is 0 Å². The smallest absolute Gasteiger partial charge is 0.0593 e. The van der Waals surface area contributed by atoms with Gasteiger partial charge in [0.1, 0.15) is 0 Å². The largest absolute Gasteiger partial charge is 0.269 e. The summed E-state index contributed by atoms with van der Waals surface area (Å²) < 4.78 is 2.17. The highest BCUT2D eigenvalue weighted by molar-refractivity contribution is 4.96. The molecule has 90 valence electrons. The van der Waals surface area contributed by atoms with Gasteiger partial charge in [0.05, 0.1) is 11.7 Å². The Balaban J connectivity index is 1.95. The zero-order chi connectivity index (χ0) is 11.8. The van der Waals surface area contributed by atoms with Crippen molar-refractivity contribution in [1.29, 1.82) is 0 Å². The summed E-state index contributed by atoms with van der Waals surface area (Å²) in [4.78, 5) is 0. The summed E-state index contributed by atoms with van der Waals surface area (Å²) in [6, 6.07) is 2.75. The van der Waals surface area contributed by atoms with Crippen LogP contribution in [-0.4, -0.2) is 9.78 Å². The molecule has 0 bridgehead atoms. The molecule has 0 aliphatic heterocycles. The molecule has 2 nitrogen and oxygen atoms in total. The first-order valence-electron chi connectivity index (χ1n) is 6.48. The van der Waals surface area contributed by atoms with Crippen LogP contribution in [0.2, 0.25) is 0 Å². The minimum atomic E-state index is 0.477. The predicted molar refractivity (Wildman–Crippen MR) is 67.4 cm³/mol. The Morgan fingerprint density at radius 2 is 1.81 bits per heavy atom. The van der Waals surface area contributed by atoms with Crippen molar-refractivity contribution in [1.82, 2.24) is 9.78 Å². The van der Waals surface area contributed by atoms with E-state index in [1.165, 1.54) is 25.7 Å². The van der Waals surface area contributed by atoms with Crippen LogP contribution in [0.3, 0.4) is 0 Å². The zero-order valence-corrected chi connectivity index (χ0v) is 11.0. The fourth-order valence-corrected chi connectivity index (χ4v) is 2.84. The van der Waals surface area contributed by atoms with E-state index in [0.717, 1.165) is 11.6 Å². The van der Waals surface area contributed by atoms with Crippen LogP contribution < -0.4 is 0 Å². The lowest BCUT2D eigenvalue weighted by atomic mass is 9.71. The molecule has 1 aliphatic rings. The van der Waals surface area contributed by atoms with Crippen LogP contribution in [0.5, 0.6) is 0 Å². The van der Waals surface area contributed by atoms with Gasteiger partial charge in [0.15, 0.2) is 0 Å². The molecule has 0 amide bonds. The van der Waals surface area contributed by atoms with Crippen molar-refractivity contribution in [3.05, 3.63) is 18.0 Å². The quantitative estimate of drug-likeness (QED) is 0.700. The summed E-state index contributed by atoms with van der Waals surface area (Å²) in [5.41, 5.74) is 1.61. The van der Waals surface area contributed by atoms with Gasteiger partial charge in [0, 0.05) is 6.20 Å². The van der Waals surface area contributed by atoms with Gasteiger partial charge in [-0.05, 0) is 50.0 Å².